The second-order valence-electron chi connectivity index (χ2n) is 7.67. The van der Waals surface area contributed by atoms with Crippen LogP contribution in [-0.4, -0.2) is 0 Å². The Morgan fingerprint density at radius 2 is 0.968 bits per heavy atom. The molecule has 4 rings (SSSR count). The molecule has 0 atom stereocenters. The van der Waals surface area contributed by atoms with Crippen LogP contribution in [0.15, 0.2) is 84.9 Å². The van der Waals surface area contributed by atoms with Crippen molar-refractivity contribution in [1.29, 1.82) is 0 Å². The van der Waals surface area contributed by atoms with Crippen LogP contribution in [0.4, 0.5) is 0 Å². The molecule has 0 aliphatic carbocycles. The van der Waals surface area contributed by atoms with E-state index in [1.807, 2.05) is 48.5 Å². The summed E-state index contributed by atoms with van der Waals surface area (Å²) in [5.74, 6) is 0. The van der Waals surface area contributed by atoms with Gasteiger partial charge in [0.25, 0.3) is 0 Å². The second-order valence-corrected chi connectivity index (χ2v) is 8.48. The first-order chi connectivity index (χ1) is 15.1. The molecule has 0 aromatic heterocycles. The van der Waals surface area contributed by atoms with E-state index in [0.29, 0.717) is 13.2 Å². The lowest BCUT2D eigenvalue weighted by Gasteiger charge is -2.16. The van der Waals surface area contributed by atoms with Crippen molar-refractivity contribution in [2.45, 2.75) is 27.1 Å². The van der Waals surface area contributed by atoms with Crippen LogP contribution < -0.4 is 0 Å². The van der Waals surface area contributed by atoms with Gasteiger partial charge in [-0.05, 0) is 59.4 Å². The number of ether oxygens (including phenoxy) is 1. The molecule has 0 fully saturated rings. The van der Waals surface area contributed by atoms with Crippen LogP contribution in [0.1, 0.15) is 22.3 Å². The van der Waals surface area contributed by atoms with E-state index in [1.165, 1.54) is 11.1 Å². The van der Waals surface area contributed by atoms with E-state index in [4.69, 9.17) is 27.9 Å². The molecule has 0 aliphatic rings. The fourth-order valence-corrected chi connectivity index (χ4v) is 4.55. The summed E-state index contributed by atoms with van der Waals surface area (Å²) in [7, 11) is 0. The molecular formula is C28H24Cl2O. The van der Waals surface area contributed by atoms with Crippen molar-refractivity contribution >= 4 is 23.2 Å². The topological polar surface area (TPSA) is 9.23 Å². The minimum atomic E-state index is 0.462. The molecule has 0 radical (unpaired) electrons. The van der Waals surface area contributed by atoms with Gasteiger partial charge >= 0.3 is 0 Å². The second kappa shape index (κ2) is 9.70. The molecule has 4 aromatic rings. The number of rotatable bonds is 6. The SMILES string of the molecule is Cc1ccccc1-c1c(Cl)cccc1COCc1cccc(Cl)c1-c1ccccc1C. The predicted molar refractivity (Wildman–Crippen MR) is 132 cm³/mol. The Hall–Kier alpha value is -2.58. The highest BCUT2D eigenvalue weighted by Crippen LogP contribution is 2.36. The molecule has 31 heavy (non-hydrogen) atoms. The van der Waals surface area contributed by atoms with E-state index < -0.39 is 0 Å². The van der Waals surface area contributed by atoms with Crippen molar-refractivity contribution in [1.82, 2.24) is 0 Å². The molecule has 0 spiro atoms. The van der Waals surface area contributed by atoms with E-state index in [9.17, 15) is 0 Å². The third kappa shape index (κ3) is 4.70. The summed E-state index contributed by atoms with van der Waals surface area (Å²) in [6.07, 6.45) is 0. The van der Waals surface area contributed by atoms with Gasteiger partial charge in [0.2, 0.25) is 0 Å². The van der Waals surface area contributed by atoms with Crippen molar-refractivity contribution < 1.29 is 4.74 Å². The Bertz CT molecular complexity index is 1120. The molecule has 0 saturated heterocycles. The molecule has 0 unspecified atom stereocenters. The van der Waals surface area contributed by atoms with Crippen LogP contribution in [0.2, 0.25) is 10.0 Å². The molecule has 0 aliphatic heterocycles. The maximum Gasteiger partial charge on any atom is 0.0727 e. The number of benzene rings is 4. The van der Waals surface area contributed by atoms with Gasteiger partial charge in [0, 0.05) is 21.2 Å². The minimum Gasteiger partial charge on any atom is -0.372 e. The molecule has 0 saturated carbocycles. The Morgan fingerprint density at radius 3 is 1.39 bits per heavy atom. The van der Waals surface area contributed by atoms with Gasteiger partial charge in [-0.15, -0.1) is 0 Å². The largest absolute Gasteiger partial charge is 0.372 e. The van der Waals surface area contributed by atoms with Crippen LogP contribution in [0.25, 0.3) is 22.3 Å². The van der Waals surface area contributed by atoms with Crippen LogP contribution >= 0.6 is 23.2 Å². The van der Waals surface area contributed by atoms with E-state index >= 15 is 0 Å². The average molecular weight is 447 g/mol. The maximum atomic E-state index is 6.60. The number of aryl methyl sites for hydroxylation is 2. The maximum absolute atomic E-state index is 6.60. The van der Waals surface area contributed by atoms with Crippen molar-refractivity contribution in [3.63, 3.8) is 0 Å². The highest BCUT2D eigenvalue weighted by Gasteiger charge is 2.14. The number of hydrogen-bond donors (Lipinski definition) is 0. The molecule has 1 nitrogen and oxygen atoms in total. The fraction of sp³-hybridized carbons (Fsp3) is 0.143. The Balaban J connectivity index is 1.61. The van der Waals surface area contributed by atoms with Gasteiger partial charge in [-0.25, -0.2) is 0 Å². The molecule has 0 heterocycles. The van der Waals surface area contributed by atoms with Crippen molar-refractivity contribution in [3.8, 4) is 22.3 Å². The first kappa shape index (κ1) is 21.6. The summed E-state index contributed by atoms with van der Waals surface area (Å²) in [6.45, 7) is 5.13. The summed E-state index contributed by atoms with van der Waals surface area (Å²) in [6, 6.07) is 28.5. The molecule has 156 valence electrons. The summed E-state index contributed by atoms with van der Waals surface area (Å²) in [5, 5.41) is 1.47. The van der Waals surface area contributed by atoms with E-state index in [0.717, 1.165) is 43.4 Å². The lowest BCUT2D eigenvalue weighted by Crippen LogP contribution is -2.00. The zero-order chi connectivity index (χ0) is 21.8. The van der Waals surface area contributed by atoms with Gasteiger partial charge in [-0.3, -0.25) is 0 Å². The third-order valence-corrected chi connectivity index (χ3v) is 6.17. The van der Waals surface area contributed by atoms with Gasteiger partial charge < -0.3 is 4.74 Å². The van der Waals surface area contributed by atoms with Gasteiger partial charge in [-0.2, -0.15) is 0 Å². The van der Waals surface area contributed by atoms with Crippen LogP contribution in [0.3, 0.4) is 0 Å². The summed E-state index contributed by atoms with van der Waals surface area (Å²) in [5.41, 5.74) is 8.86. The Morgan fingerprint density at radius 1 is 0.548 bits per heavy atom. The first-order valence-electron chi connectivity index (χ1n) is 10.3. The Kier molecular flexibility index (Phi) is 6.77. The minimum absolute atomic E-state index is 0.462. The normalized spacial score (nSPS) is 11.0. The number of halogens is 2. The highest BCUT2D eigenvalue weighted by molar-refractivity contribution is 6.34. The van der Waals surface area contributed by atoms with Crippen LogP contribution in [0, 0.1) is 13.8 Å². The number of hydrogen-bond acceptors (Lipinski definition) is 1. The lowest BCUT2D eigenvalue weighted by atomic mass is 9.95. The molecular weight excluding hydrogens is 423 g/mol. The van der Waals surface area contributed by atoms with Crippen molar-refractivity contribution in [3.05, 3.63) is 117 Å². The molecule has 0 amide bonds. The van der Waals surface area contributed by atoms with Crippen LogP contribution in [0.5, 0.6) is 0 Å². The van der Waals surface area contributed by atoms with Crippen molar-refractivity contribution in [2.75, 3.05) is 0 Å². The monoisotopic (exact) mass is 446 g/mol. The standard InChI is InChI=1S/C28H24Cl2O/c1-19-9-3-5-13-23(19)27-21(11-7-15-25(27)29)17-31-18-22-12-8-16-26(30)28(22)24-14-6-4-10-20(24)2/h3-16H,17-18H2,1-2H3. The summed E-state index contributed by atoms with van der Waals surface area (Å²) in [4.78, 5) is 0. The van der Waals surface area contributed by atoms with Gasteiger partial charge in [0.1, 0.15) is 0 Å². The molecule has 4 aromatic carbocycles. The molecule has 0 bridgehead atoms. The summed E-state index contributed by atoms with van der Waals surface area (Å²) < 4.78 is 6.20. The average Bonchev–Trinajstić information content (AvgIpc) is 2.76. The molecule has 3 heteroatoms. The van der Waals surface area contributed by atoms with Crippen molar-refractivity contribution in [2.24, 2.45) is 0 Å². The smallest absolute Gasteiger partial charge is 0.0727 e. The van der Waals surface area contributed by atoms with Gasteiger partial charge in [0.15, 0.2) is 0 Å². The molecule has 0 N–H and O–H groups in total. The van der Waals surface area contributed by atoms with E-state index in [1.54, 1.807) is 0 Å². The van der Waals surface area contributed by atoms with Gasteiger partial charge in [-0.1, -0.05) is 96.0 Å². The predicted octanol–water partition coefficient (Wildman–Crippen LogP) is 8.66. The zero-order valence-electron chi connectivity index (χ0n) is 17.7. The quantitative estimate of drug-likeness (QED) is 0.287. The van der Waals surface area contributed by atoms with Gasteiger partial charge in [0.05, 0.1) is 13.2 Å². The summed E-state index contributed by atoms with van der Waals surface area (Å²) >= 11 is 13.2. The van der Waals surface area contributed by atoms with E-state index in [-0.39, 0.29) is 0 Å². The van der Waals surface area contributed by atoms with Crippen LogP contribution in [-0.2, 0) is 18.0 Å². The zero-order valence-corrected chi connectivity index (χ0v) is 19.2. The first-order valence-corrected chi connectivity index (χ1v) is 11.1. The Labute approximate surface area is 194 Å². The van der Waals surface area contributed by atoms with E-state index in [2.05, 4.69) is 50.2 Å². The third-order valence-electron chi connectivity index (χ3n) is 5.54. The highest BCUT2D eigenvalue weighted by atomic mass is 35.5. The fourth-order valence-electron chi connectivity index (χ4n) is 3.96. The lowest BCUT2D eigenvalue weighted by molar-refractivity contribution is 0.108.